The summed E-state index contributed by atoms with van der Waals surface area (Å²) < 4.78 is 1.64. The van der Waals surface area contributed by atoms with E-state index < -0.39 is 0 Å². The third kappa shape index (κ3) is 1.90. The van der Waals surface area contributed by atoms with Gasteiger partial charge in [0, 0.05) is 17.1 Å². The largest absolute Gasteiger partial charge is 0.366 e. The average molecular weight is 243 g/mol. The third-order valence-electron chi connectivity index (χ3n) is 2.32. The van der Waals surface area contributed by atoms with Gasteiger partial charge in [0.25, 0.3) is 0 Å². The molecule has 0 saturated carbocycles. The number of hydrogen-bond acceptors (Lipinski definition) is 5. The minimum absolute atomic E-state index is 0.272. The summed E-state index contributed by atoms with van der Waals surface area (Å²) >= 11 is 1.62. The van der Waals surface area contributed by atoms with Crippen LogP contribution in [0.3, 0.4) is 0 Å². The Morgan fingerprint density at radius 2 is 1.94 bits per heavy atom. The zero-order chi connectivity index (χ0) is 11.7. The van der Waals surface area contributed by atoms with E-state index in [2.05, 4.69) is 15.1 Å². The summed E-state index contributed by atoms with van der Waals surface area (Å²) in [5.74, 6) is 0.272. The van der Waals surface area contributed by atoms with E-state index in [0.717, 1.165) is 16.3 Å². The van der Waals surface area contributed by atoms with Crippen molar-refractivity contribution in [2.24, 2.45) is 0 Å². The van der Waals surface area contributed by atoms with Crippen molar-refractivity contribution in [3.63, 3.8) is 0 Å². The lowest BCUT2D eigenvalue weighted by Crippen LogP contribution is -1.95. The number of rotatable bonds is 2. The molecule has 0 atom stereocenters. The Kier molecular flexibility index (Phi) is 2.34. The molecular formula is C11H9N5S. The molecule has 0 bridgehead atoms. The molecule has 0 spiro atoms. The molecule has 84 valence electrons. The summed E-state index contributed by atoms with van der Waals surface area (Å²) in [5, 5.41) is 7.01. The molecule has 0 radical (unpaired) electrons. The zero-order valence-corrected chi connectivity index (χ0v) is 9.63. The lowest BCUT2D eigenvalue weighted by Gasteiger charge is -2.01. The number of aromatic nitrogens is 4. The minimum atomic E-state index is 0.272. The summed E-state index contributed by atoms with van der Waals surface area (Å²) in [6, 6.07) is 7.94. The van der Waals surface area contributed by atoms with Crippen molar-refractivity contribution in [2.45, 2.75) is 0 Å². The van der Waals surface area contributed by atoms with E-state index in [1.54, 1.807) is 28.5 Å². The van der Waals surface area contributed by atoms with Gasteiger partial charge in [0.05, 0.1) is 5.69 Å². The van der Waals surface area contributed by atoms with Crippen LogP contribution in [0.4, 0.5) is 5.95 Å². The van der Waals surface area contributed by atoms with Gasteiger partial charge in [0.15, 0.2) is 0 Å². The van der Waals surface area contributed by atoms with Crippen LogP contribution in [-0.4, -0.2) is 19.7 Å². The van der Waals surface area contributed by atoms with Crippen LogP contribution >= 0.6 is 11.3 Å². The number of benzene rings is 1. The molecule has 3 aromatic rings. The predicted octanol–water partition coefficient (Wildman–Crippen LogP) is 1.97. The zero-order valence-electron chi connectivity index (χ0n) is 8.82. The first-order valence-corrected chi connectivity index (χ1v) is 5.88. The van der Waals surface area contributed by atoms with E-state index in [4.69, 9.17) is 5.73 Å². The highest BCUT2D eigenvalue weighted by molar-refractivity contribution is 7.13. The fourth-order valence-corrected chi connectivity index (χ4v) is 2.17. The monoisotopic (exact) mass is 243 g/mol. The summed E-state index contributed by atoms with van der Waals surface area (Å²) in [6.45, 7) is 0. The SMILES string of the molecule is Nc1ncn(-c2ccc(-c3nccs3)cc2)n1. The van der Waals surface area contributed by atoms with Crippen LogP contribution < -0.4 is 5.73 Å². The molecule has 1 aromatic carbocycles. The van der Waals surface area contributed by atoms with Crippen molar-refractivity contribution in [1.29, 1.82) is 0 Å². The highest BCUT2D eigenvalue weighted by Gasteiger charge is 2.02. The first-order valence-electron chi connectivity index (χ1n) is 5.00. The number of anilines is 1. The van der Waals surface area contributed by atoms with E-state index in [1.165, 1.54) is 0 Å². The maximum atomic E-state index is 5.47. The van der Waals surface area contributed by atoms with Crippen molar-refractivity contribution in [2.75, 3.05) is 5.73 Å². The molecule has 0 amide bonds. The summed E-state index contributed by atoms with van der Waals surface area (Å²) in [6.07, 6.45) is 3.39. The predicted molar refractivity (Wildman–Crippen MR) is 66.9 cm³/mol. The molecule has 0 unspecified atom stereocenters. The standard InChI is InChI=1S/C11H9N5S/c12-11-14-7-16(15-11)9-3-1-8(2-4-9)10-13-5-6-17-10/h1-7H,(H2,12,15). The van der Waals surface area contributed by atoms with E-state index in [9.17, 15) is 0 Å². The topological polar surface area (TPSA) is 69.6 Å². The van der Waals surface area contributed by atoms with Crippen molar-refractivity contribution >= 4 is 17.3 Å². The fourth-order valence-electron chi connectivity index (χ4n) is 1.52. The van der Waals surface area contributed by atoms with Gasteiger partial charge in [-0.1, -0.05) is 0 Å². The van der Waals surface area contributed by atoms with Gasteiger partial charge in [-0.3, -0.25) is 0 Å². The van der Waals surface area contributed by atoms with E-state index >= 15 is 0 Å². The van der Waals surface area contributed by atoms with Crippen LogP contribution in [0.2, 0.25) is 0 Å². The molecule has 2 N–H and O–H groups in total. The first kappa shape index (κ1) is 9.98. The molecule has 0 aliphatic carbocycles. The number of nitrogen functional groups attached to an aromatic ring is 1. The molecule has 0 fully saturated rings. The van der Waals surface area contributed by atoms with Gasteiger partial charge in [0.1, 0.15) is 11.3 Å². The van der Waals surface area contributed by atoms with Gasteiger partial charge in [-0.2, -0.15) is 0 Å². The van der Waals surface area contributed by atoms with Gasteiger partial charge in [0.2, 0.25) is 5.95 Å². The summed E-state index contributed by atoms with van der Waals surface area (Å²) in [4.78, 5) is 8.14. The lowest BCUT2D eigenvalue weighted by atomic mass is 10.2. The van der Waals surface area contributed by atoms with Crippen LogP contribution in [0, 0.1) is 0 Å². The second-order valence-corrected chi connectivity index (χ2v) is 4.33. The Labute approximate surface area is 102 Å². The Bertz CT molecular complexity index is 612. The molecule has 5 nitrogen and oxygen atoms in total. The van der Waals surface area contributed by atoms with Gasteiger partial charge in [-0.25, -0.2) is 14.6 Å². The maximum Gasteiger partial charge on any atom is 0.239 e. The summed E-state index contributed by atoms with van der Waals surface area (Å²) in [5.41, 5.74) is 7.49. The Morgan fingerprint density at radius 1 is 1.12 bits per heavy atom. The Balaban J connectivity index is 1.95. The number of thiazole rings is 1. The van der Waals surface area contributed by atoms with Crippen LogP contribution in [0.1, 0.15) is 0 Å². The number of nitrogens with zero attached hydrogens (tertiary/aromatic N) is 4. The number of hydrogen-bond donors (Lipinski definition) is 1. The molecule has 17 heavy (non-hydrogen) atoms. The van der Waals surface area contributed by atoms with Gasteiger partial charge >= 0.3 is 0 Å². The smallest absolute Gasteiger partial charge is 0.239 e. The fraction of sp³-hybridized carbons (Fsp3) is 0. The van der Waals surface area contributed by atoms with Gasteiger partial charge in [-0.15, -0.1) is 16.4 Å². The highest BCUT2D eigenvalue weighted by Crippen LogP contribution is 2.22. The van der Waals surface area contributed by atoms with E-state index in [1.807, 2.05) is 29.6 Å². The van der Waals surface area contributed by atoms with E-state index in [0.29, 0.717) is 0 Å². The Morgan fingerprint density at radius 3 is 2.53 bits per heavy atom. The molecule has 6 heteroatoms. The molecule has 2 heterocycles. The van der Waals surface area contributed by atoms with Crippen molar-refractivity contribution < 1.29 is 0 Å². The second kappa shape index (κ2) is 3.99. The van der Waals surface area contributed by atoms with Gasteiger partial charge < -0.3 is 5.73 Å². The lowest BCUT2D eigenvalue weighted by molar-refractivity contribution is 0.883. The molecule has 2 aromatic heterocycles. The summed E-state index contributed by atoms with van der Waals surface area (Å²) in [7, 11) is 0. The van der Waals surface area contributed by atoms with Crippen molar-refractivity contribution in [1.82, 2.24) is 19.7 Å². The molecule has 0 saturated heterocycles. The first-order chi connectivity index (χ1) is 8.33. The molecular weight excluding hydrogens is 234 g/mol. The van der Waals surface area contributed by atoms with E-state index in [-0.39, 0.29) is 5.95 Å². The average Bonchev–Trinajstić information content (AvgIpc) is 3.00. The molecule has 0 aliphatic rings. The van der Waals surface area contributed by atoms with Crippen LogP contribution in [-0.2, 0) is 0 Å². The van der Waals surface area contributed by atoms with Crippen LogP contribution in [0.25, 0.3) is 16.3 Å². The quantitative estimate of drug-likeness (QED) is 0.747. The second-order valence-electron chi connectivity index (χ2n) is 3.43. The van der Waals surface area contributed by atoms with Crippen LogP contribution in [0.5, 0.6) is 0 Å². The van der Waals surface area contributed by atoms with Crippen molar-refractivity contribution in [3.05, 3.63) is 42.2 Å². The van der Waals surface area contributed by atoms with Crippen molar-refractivity contribution in [3.8, 4) is 16.3 Å². The highest BCUT2D eigenvalue weighted by atomic mass is 32.1. The van der Waals surface area contributed by atoms with Gasteiger partial charge in [-0.05, 0) is 24.3 Å². The van der Waals surface area contributed by atoms with Crippen LogP contribution in [0.15, 0.2) is 42.2 Å². The Hall–Kier alpha value is -2.21. The molecule has 0 aliphatic heterocycles. The molecule has 3 rings (SSSR count). The number of nitrogens with two attached hydrogens (primary N) is 1. The maximum absolute atomic E-state index is 5.47. The third-order valence-corrected chi connectivity index (χ3v) is 3.14. The normalized spacial score (nSPS) is 10.6. The minimum Gasteiger partial charge on any atom is -0.366 e.